The smallest absolute Gasteiger partial charge is 0.326 e. The lowest BCUT2D eigenvalue weighted by Crippen LogP contribution is -2.34. The Morgan fingerprint density at radius 1 is 1.38 bits per heavy atom. The lowest BCUT2D eigenvalue weighted by Gasteiger charge is -2.14. The first-order valence-electron chi connectivity index (χ1n) is 6.28. The second-order valence-corrected chi connectivity index (χ2v) is 6.03. The van der Waals surface area contributed by atoms with Crippen LogP contribution in [0.2, 0.25) is 0 Å². The van der Waals surface area contributed by atoms with Crippen molar-refractivity contribution in [1.29, 1.82) is 0 Å². The summed E-state index contributed by atoms with van der Waals surface area (Å²) in [4.78, 5) is 17.9. The van der Waals surface area contributed by atoms with E-state index in [2.05, 4.69) is 14.7 Å². The van der Waals surface area contributed by atoms with Crippen molar-refractivity contribution in [3.63, 3.8) is 0 Å². The number of aromatic amines is 1. The number of aryl methyl sites for hydroxylation is 1. The third-order valence-corrected chi connectivity index (χ3v) is 4.21. The highest BCUT2D eigenvalue weighted by atomic mass is 32.2. The van der Waals surface area contributed by atoms with Crippen LogP contribution in [-0.2, 0) is 21.2 Å². The number of aromatic nitrogens is 2. The quantitative estimate of drug-likeness (QED) is 0.739. The summed E-state index contributed by atoms with van der Waals surface area (Å²) in [5.41, 5.74) is 0.351. The summed E-state index contributed by atoms with van der Waals surface area (Å²) >= 11 is 0. The highest BCUT2D eigenvalue weighted by Gasteiger charge is 2.27. The monoisotopic (exact) mass is 309 g/mol. The van der Waals surface area contributed by atoms with Gasteiger partial charge in [-0.25, -0.2) is 13.4 Å². The minimum atomic E-state index is -3.99. The summed E-state index contributed by atoms with van der Waals surface area (Å²) in [5, 5.41) is 9.08. The molecule has 1 heterocycles. The fourth-order valence-electron chi connectivity index (χ4n) is 1.78. The van der Waals surface area contributed by atoms with Gasteiger partial charge in [-0.1, -0.05) is 37.3 Å². The van der Waals surface area contributed by atoms with E-state index in [9.17, 15) is 18.3 Å². The fourth-order valence-corrected chi connectivity index (χ4v) is 2.90. The van der Waals surface area contributed by atoms with E-state index in [4.69, 9.17) is 0 Å². The van der Waals surface area contributed by atoms with Gasteiger partial charge in [0.15, 0.2) is 5.03 Å². The number of imidazole rings is 1. The molecule has 1 aromatic heterocycles. The molecule has 8 heteroatoms. The molecule has 3 N–H and O–H groups in total. The fraction of sp³-hybridized carbons (Fsp3) is 0.231. The van der Waals surface area contributed by atoms with Crippen LogP contribution in [0.4, 0.5) is 0 Å². The average Bonchev–Trinajstić information content (AvgIpc) is 2.95. The first-order valence-corrected chi connectivity index (χ1v) is 7.76. The number of sulfonamides is 1. The Bertz CT molecular complexity index is 725. The maximum Gasteiger partial charge on any atom is 0.326 e. The van der Waals surface area contributed by atoms with E-state index < -0.39 is 22.0 Å². The lowest BCUT2D eigenvalue weighted by molar-refractivity contribution is -0.139. The van der Waals surface area contributed by atoms with Crippen LogP contribution in [0, 0.1) is 0 Å². The number of rotatable bonds is 6. The Morgan fingerprint density at radius 2 is 2.05 bits per heavy atom. The zero-order chi connectivity index (χ0) is 15.5. The van der Waals surface area contributed by atoms with Crippen LogP contribution in [0.1, 0.15) is 24.4 Å². The summed E-state index contributed by atoms with van der Waals surface area (Å²) < 4.78 is 26.6. The molecule has 1 atom stereocenters. The first kappa shape index (κ1) is 15.2. The van der Waals surface area contributed by atoms with Crippen LogP contribution in [0.5, 0.6) is 0 Å². The van der Waals surface area contributed by atoms with E-state index in [0.29, 0.717) is 17.8 Å². The van der Waals surface area contributed by atoms with Gasteiger partial charge in [0.25, 0.3) is 10.0 Å². The molecular formula is C13H15N3O4S. The predicted octanol–water partition coefficient (Wildman–Crippen LogP) is 1.08. The van der Waals surface area contributed by atoms with E-state index in [0.717, 1.165) is 0 Å². The number of carboxylic acids is 1. The van der Waals surface area contributed by atoms with Gasteiger partial charge in [0.2, 0.25) is 0 Å². The van der Waals surface area contributed by atoms with Crippen LogP contribution in [0.15, 0.2) is 41.6 Å². The summed E-state index contributed by atoms with van der Waals surface area (Å²) in [6, 6.07) is 6.75. The first-order chi connectivity index (χ1) is 9.94. The van der Waals surface area contributed by atoms with Gasteiger partial charge in [-0.15, -0.1) is 0 Å². The van der Waals surface area contributed by atoms with Gasteiger partial charge in [0.1, 0.15) is 11.9 Å². The topological polar surface area (TPSA) is 112 Å². The molecule has 0 amide bonds. The molecule has 0 saturated heterocycles. The highest BCUT2D eigenvalue weighted by Crippen LogP contribution is 2.16. The molecule has 112 valence electrons. The van der Waals surface area contributed by atoms with Crippen LogP contribution in [0.3, 0.4) is 0 Å². The minimum absolute atomic E-state index is 0.151. The molecule has 0 spiro atoms. The molecule has 0 fully saturated rings. The zero-order valence-electron chi connectivity index (χ0n) is 11.3. The number of nitrogens with one attached hydrogen (secondary N) is 2. The maximum absolute atomic E-state index is 12.2. The number of H-pyrrole nitrogens is 1. The van der Waals surface area contributed by atoms with E-state index in [1.54, 1.807) is 30.3 Å². The van der Waals surface area contributed by atoms with Crippen molar-refractivity contribution < 1.29 is 18.3 Å². The van der Waals surface area contributed by atoms with Crippen LogP contribution >= 0.6 is 0 Å². The van der Waals surface area contributed by atoms with Gasteiger partial charge in [-0.05, 0) is 5.56 Å². The summed E-state index contributed by atoms with van der Waals surface area (Å²) in [7, 11) is -3.99. The van der Waals surface area contributed by atoms with Crippen molar-refractivity contribution in [1.82, 2.24) is 14.7 Å². The molecule has 0 unspecified atom stereocenters. The molecule has 1 aromatic carbocycles. The molecule has 0 aliphatic rings. The molecule has 0 radical (unpaired) electrons. The molecule has 2 aromatic rings. The Labute approximate surface area is 122 Å². The van der Waals surface area contributed by atoms with Gasteiger partial charge in [-0.3, -0.25) is 4.79 Å². The minimum Gasteiger partial charge on any atom is -0.480 e. The van der Waals surface area contributed by atoms with Gasteiger partial charge >= 0.3 is 5.97 Å². The van der Waals surface area contributed by atoms with E-state index in [1.165, 1.54) is 6.20 Å². The average molecular weight is 309 g/mol. The molecule has 2 rings (SSSR count). The molecule has 0 saturated carbocycles. The van der Waals surface area contributed by atoms with Crippen molar-refractivity contribution in [2.45, 2.75) is 24.4 Å². The van der Waals surface area contributed by atoms with Crippen molar-refractivity contribution in [3.8, 4) is 0 Å². The Kier molecular flexibility index (Phi) is 4.39. The lowest BCUT2D eigenvalue weighted by atomic mass is 10.1. The second kappa shape index (κ2) is 6.06. The van der Waals surface area contributed by atoms with Crippen LogP contribution < -0.4 is 4.72 Å². The number of hydrogen-bond donors (Lipinski definition) is 3. The molecule has 0 bridgehead atoms. The van der Waals surface area contributed by atoms with E-state index >= 15 is 0 Å². The van der Waals surface area contributed by atoms with Crippen LogP contribution in [-0.4, -0.2) is 29.5 Å². The Balaban J connectivity index is 2.30. The van der Waals surface area contributed by atoms with Gasteiger partial charge in [0, 0.05) is 6.42 Å². The van der Waals surface area contributed by atoms with Gasteiger partial charge < -0.3 is 10.1 Å². The van der Waals surface area contributed by atoms with Crippen LogP contribution in [0.25, 0.3) is 0 Å². The number of benzene rings is 1. The highest BCUT2D eigenvalue weighted by molar-refractivity contribution is 7.89. The standard InChI is InChI=1S/C13H15N3O4S/c1-2-10-14-8-11(15-10)21(19,20)16-12(13(17)18)9-6-4-3-5-7-9/h3-8,12,16H,2H2,1H3,(H,14,15)(H,17,18)/t12-/m0/s1. The SMILES string of the molecule is CCc1ncc(S(=O)(=O)N[C@H](C(=O)O)c2ccccc2)[nH]1. The number of hydrogen-bond acceptors (Lipinski definition) is 4. The number of aliphatic carboxylic acids is 1. The zero-order valence-corrected chi connectivity index (χ0v) is 12.1. The Morgan fingerprint density at radius 3 is 2.57 bits per heavy atom. The Hall–Kier alpha value is -2.19. The number of carboxylic acid groups (broad SMARTS) is 1. The molecule has 7 nitrogen and oxygen atoms in total. The molecular weight excluding hydrogens is 294 g/mol. The summed E-state index contributed by atoms with van der Waals surface area (Å²) in [6.45, 7) is 1.83. The number of carbonyl (C=O) groups is 1. The maximum atomic E-state index is 12.2. The van der Waals surface area contributed by atoms with E-state index in [1.807, 2.05) is 6.92 Å². The van der Waals surface area contributed by atoms with Gasteiger partial charge in [-0.2, -0.15) is 4.72 Å². The third kappa shape index (κ3) is 3.47. The van der Waals surface area contributed by atoms with Crippen molar-refractivity contribution in [2.24, 2.45) is 0 Å². The van der Waals surface area contributed by atoms with E-state index in [-0.39, 0.29) is 5.03 Å². The summed E-state index contributed by atoms with van der Waals surface area (Å²) in [5.74, 6) is -0.762. The number of nitrogens with zero attached hydrogens (tertiary/aromatic N) is 1. The molecule has 0 aliphatic carbocycles. The third-order valence-electron chi connectivity index (χ3n) is 2.88. The molecule has 0 aliphatic heterocycles. The largest absolute Gasteiger partial charge is 0.480 e. The van der Waals surface area contributed by atoms with Gasteiger partial charge in [0.05, 0.1) is 6.20 Å². The molecule has 21 heavy (non-hydrogen) atoms. The predicted molar refractivity (Wildman–Crippen MR) is 75.1 cm³/mol. The second-order valence-electron chi connectivity index (χ2n) is 4.35. The summed E-state index contributed by atoms with van der Waals surface area (Å²) in [6.07, 6.45) is 1.72. The van der Waals surface area contributed by atoms with Crippen molar-refractivity contribution in [3.05, 3.63) is 47.9 Å². The van der Waals surface area contributed by atoms with Crippen molar-refractivity contribution >= 4 is 16.0 Å². The van der Waals surface area contributed by atoms with Crippen molar-refractivity contribution in [2.75, 3.05) is 0 Å². The normalized spacial score (nSPS) is 13.0.